The van der Waals surface area contributed by atoms with Crippen LogP contribution in [0.15, 0.2) is 150 Å². The van der Waals surface area contributed by atoms with Crippen LogP contribution < -0.4 is 5.32 Å². The zero-order valence-electron chi connectivity index (χ0n) is 57.8. The van der Waals surface area contributed by atoms with Crippen LogP contribution in [0, 0.1) is 51.8 Å². The van der Waals surface area contributed by atoms with E-state index in [9.17, 15) is 48.9 Å². The standard InChI is InChI=1S/C80H97NO17/c1-46(59-39-40-60-53(29-21-41-77(59,60)8)38-35-51-28-19-31-61(85)47(51)2)33-34-57(52-36-37-52)42-58(84)30-20-32-65(86)96-63-43-64-79(45-93-64,98-50(5)83)70-72(97-74(90)56-26-17-12-18-27-56)80(92)44-62(48(3)66(76(80,6)7)69(94-49(4)82)71(88)78(63,70)9)95-75(91)68(87)67(54-22-13-10-14-23-54)81-73(89)55-24-15-11-16-25-55/h10-18,22-27,33-35,38,46,52,57,59-64,67-70,72,85,87,92H,2,19-21,28-32,36-37,39-45H2,1,3-9H3,(H,81,89)/b34-33+,51-35-,53-38+/t46-,57?,59?,60?,61-,62?,63?,64?,67?,68?,69?,70?,72?,77+,78?,79?,80?/m0/s1. The predicted molar refractivity (Wildman–Crippen MR) is 363 cm³/mol. The Labute approximate surface area is 575 Å². The van der Waals surface area contributed by atoms with Crippen LogP contribution in [-0.2, 0) is 57.2 Å². The van der Waals surface area contributed by atoms with Gasteiger partial charge in [-0.3, -0.25) is 28.8 Å². The van der Waals surface area contributed by atoms with Crippen LogP contribution in [0.5, 0.6) is 0 Å². The van der Waals surface area contributed by atoms with Crippen molar-refractivity contribution >= 4 is 47.3 Å². The van der Waals surface area contributed by atoms with Crippen molar-refractivity contribution in [1.82, 2.24) is 5.32 Å². The first-order chi connectivity index (χ1) is 46.6. The van der Waals surface area contributed by atoms with Gasteiger partial charge in [0.05, 0.1) is 35.6 Å². The van der Waals surface area contributed by atoms with Crippen molar-refractivity contribution in [2.75, 3.05) is 6.61 Å². The van der Waals surface area contributed by atoms with Crippen LogP contribution in [0.2, 0.25) is 0 Å². The summed E-state index contributed by atoms with van der Waals surface area (Å²) in [5.74, 6) is -6.25. The molecule has 1 amide bonds. The molecule has 4 N–H and O–H groups in total. The molecule has 7 aliphatic carbocycles. The summed E-state index contributed by atoms with van der Waals surface area (Å²) in [7, 11) is 0. The van der Waals surface area contributed by atoms with Gasteiger partial charge >= 0.3 is 29.8 Å². The van der Waals surface area contributed by atoms with Gasteiger partial charge in [-0.15, -0.1) is 0 Å². The summed E-state index contributed by atoms with van der Waals surface area (Å²) >= 11 is 0. The van der Waals surface area contributed by atoms with E-state index in [2.05, 4.69) is 50.0 Å². The molecule has 17 atom stereocenters. The van der Waals surface area contributed by atoms with Gasteiger partial charge in [-0.2, -0.15) is 0 Å². The second-order valence-corrected chi connectivity index (χ2v) is 30.1. The number of fused-ring (bicyclic) bond motifs is 6. The maximum absolute atomic E-state index is 16.6. The van der Waals surface area contributed by atoms with Crippen molar-refractivity contribution in [3.8, 4) is 0 Å². The molecular formula is C80H97NO17. The van der Waals surface area contributed by atoms with Crippen molar-refractivity contribution < 1.29 is 82.1 Å². The van der Waals surface area contributed by atoms with Gasteiger partial charge in [0.2, 0.25) is 0 Å². The molecule has 18 nitrogen and oxygen atoms in total. The van der Waals surface area contributed by atoms with Crippen molar-refractivity contribution in [3.05, 3.63) is 166 Å². The van der Waals surface area contributed by atoms with Gasteiger partial charge in [-0.25, -0.2) is 9.59 Å². The van der Waals surface area contributed by atoms with Crippen LogP contribution in [-0.4, -0.2) is 123 Å². The van der Waals surface area contributed by atoms with E-state index in [1.54, 1.807) is 92.7 Å². The molecular weight excluding hydrogens is 1250 g/mol. The highest BCUT2D eigenvalue weighted by molar-refractivity contribution is 5.97. The SMILES string of the molecule is C=C1/C(=C\C=C2/CCC[C@@]3(C)C2CCC3[C@@H](C)/C=C/C(CC(=O)CCCC(=O)OC2CC3OCC3(OC(C)=O)C3C(OC(=O)c4ccccc4)C4(O)CC(OC(=O)C(O)C(NC(=O)c5ccccc5)c5ccccc5)C(C)=C(C(OC(C)=O)C(=O)C23C)C4(C)C)C2CC2)CCC[C@@H]1O. The quantitative estimate of drug-likeness (QED) is 0.0414. The first kappa shape index (κ1) is 71.6. The lowest BCUT2D eigenvalue weighted by molar-refractivity contribution is -0.346. The number of aliphatic hydroxyl groups is 3. The average molecular weight is 1340 g/mol. The average Bonchev–Trinajstić information content (AvgIpc) is 0.708. The van der Waals surface area contributed by atoms with E-state index >= 15 is 4.79 Å². The molecule has 11 rings (SSSR count). The lowest BCUT2D eigenvalue weighted by Crippen LogP contribution is -2.82. The second kappa shape index (κ2) is 28.9. The highest BCUT2D eigenvalue weighted by Crippen LogP contribution is 2.66. The number of esters is 5. The maximum Gasteiger partial charge on any atom is 0.338 e. The van der Waals surface area contributed by atoms with Crippen LogP contribution in [0.25, 0.3) is 0 Å². The Hall–Kier alpha value is -7.64. The van der Waals surface area contributed by atoms with E-state index in [-0.39, 0.29) is 71.7 Å². The summed E-state index contributed by atoms with van der Waals surface area (Å²) in [4.78, 5) is 116. The summed E-state index contributed by atoms with van der Waals surface area (Å²) in [6, 6.07) is 22.9. The van der Waals surface area contributed by atoms with Gasteiger partial charge in [-0.05, 0) is 172 Å². The van der Waals surface area contributed by atoms with Crippen molar-refractivity contribution in [1.29, 1.82) is 0 Å². The van der Waals surface area contributed by atoms with E-state index in [1.165, 1.54) is 38.0 Å². The maximum atomic E-state index is 16.6. The number of Topliss-reactive ketones (excluding diaryl/α,β-unsaturated/α-hetero) is 2. The number of hydrogen-bond donors (Lipinski definition) is 4. The highest BCUT2D eigenvalue weighted by atomic mass is 16.6. The Morgan fingerprint density at radius 1 is 0.786 bits per heavy atom. The predicted octanol–water partition coefficient (Wildman–Crippen LogP) is 11.8. The van der Waals surface area contributed by atoms with Gasteiger partial charge in [0.15, 0.2) is 23.6 Å². The number of aliphatic hydroxyl groups excluding tert-OH is 2. The molecule has 524 valence electrons. The van der Waals surface area contributed by atoms with E-state index in [1.807, 2.05) is 0 Å². The zero-order chi connectivity index (χ0) is 70.2. The fourth-order valence-corrected chi connectivity index (χ4v) is 18.3. The van der Waals surface area contributed by atoms with Gasteiger partial charge in [0.1, 0.15) is 35.8 Å². The summed E-state index contributed by atoms with van der Waals surface area (Å²) in [5, 5.41) is 39.6. The lowest BCUT2D eigenvalue weighted by Gasteiger charge is -2.67. The van der Waals surface area contributed by atoms with E-state index in [4.69, 9.17) is 28.4 Å². The van der Waals surface area contributed by atoms with Gasteiger partial charge in [0.25, 0.3) is 5.91 Å². The number of rotatable bonds is 22. The molecule has 1 saturated heterocycles. The summed E-state index contributed by atoms with van der Waals surface area (Å²) in [5.41, 5.74) is -4.02. The number of benzene rings is 3. The molecule has 2 bridgehead atoms. The molecule has 14 unspecified atom stereocenters. The summed E-state index contributed by atoms with van der Waals surface area (Å²) < 4.78 is 38.1. The molecule has 0 aromatic heterocycles. The topological polar surface area (TPSA) is 265 Å². The molecule has 8 aliphatic rings. The number of hydrogen-bond acceptors (Lipinski definition) is 17. The summed E-state index contributed by atoms with van der Waals surface area (Å²) in [6.07, 6.45) is 8.29. The first-order valence-corrected chi connectivity index (χ1v) is 35.3. The van der Waals surface area contributed by atoms with Gasteiger partial charge in [0, 0.05) is 56.9 Å². The van der Waals surface area contributed by atoms with Gasteiger partial charge < -0.3 is 49.1 Å². The minimum atomic E-state index is -2.51. The van der Waals surface area contributed by atoms with Crippen molar-refractivity contribution in [2.45, 2.75) is 218 Å². The zero-order valence-corrected chi connectivity index (χ0v) is 57.8. The Bertz CT molecular complexity index is 3680. The minimum absolute atomic E-state index is 0.000773. The number of ketones is 2. The third-order valence-corrected chi connectivity index (χ3v) is 23.8. The lowest BCUT2D eigenvalue weighted by atomic mass is 9.44. The van der Waals surface area contributed by atoms with E-state index < -0.39 is 125 Å². The number of carbonyl (C=O) groups is 8. The van der Waals surface area contributed by atoms with E-state index in [0.29, 0.717) is 35.7 Å². The van der Waals surface area contributed by atoms with Crippen LogP contribution in [0.3, 0.4) is 0 Å². The smallest absolute Gasteiger partial charge is 0.338 e. The molecule has 7 fully saturated rings. The number of allylic oxidation sites excluding steroid dienone is 5. The van der Waals surface area contributed by atoms with Gasteiger partial charge in [-0.1, -0.05) is 131 Å². The van der Waals surface area contributed by atoms with Crippen molar-refractivity contribution in [3.63, 3.8) is 0 Å². The third kappa shape index (κ3) is 13.9. The van der Waals surface area contributed by atoms with Crippen LogP contribution in [0.4, 0.5) is 0 Å². The Morgan fingerprint density at radius 3 is 2.10 bits per heavy atom. The minimum Gasteiger partial charge on any atom is -0.461 e. The first-order valence-electron chi connectivity index (χ1n) is 35.3. The Morgan fingerprint density at radius 2 is 1.46 bits per heavy atom. The van der Waals surface area contributed by atoms with Crippen LogP contribution in [0.1, 0.15) is 190 Å². The monoisotopic (exact) mass is 1340 g/mol. The number of carbonyl (C=O) groups excluding carboxylic acids is 8. The Balaban J connectivity index is 0.860. The molecule has 1 aliphatic heterocycles. The third-order valence-electron chi connectivity index (χ3n) is 23.8. The summed E-state index contributed by atoms with van der Waals surface area (Å²) in [6.45, 7) is 17.0. The molecule has 0 radical (unpaired) electrons. The number of amides is 1. The molecule has 3 aromatic carbocycles. The van der Waals surface area contributed by atoms with Crippen LogP contribution >= 0.6 is 0 Å². The van der Waals surface area contributed by atoms with E-state index in [0.717, 1.165) is 82.8 Å². The second-order valence-electron chi connectivity index (χ2n) is 30.1. The molecule has 0 spiro atoms. The molecule has 98 heavy (non-hydrogen) atoms. The normalized spacial score (nSPS) is 33.1. The Kier molecular flexibility index (Phi) is 21.1. The molecule has 6 saturated carbocycles. The fraction of sp³-hybridized carbons (Fsp3) is 0.550. The largest absolute Gasteiger partial charge is 0.461 e. The molecule has 18 heteroatoms. The fourth-order valence-electron chi connectivity index (χ4n) is 18.3. The molecule has 1 heterocycles. The van der Waals surface area contributed by atoms with Crippen molar-refractivity contribution in [2.24, 2.45) is 51.8 Å². The number of nitrogens with one attached hydrogen (secondary N) is 1. The molecule has 3 aromatic rings. The highest BCUT2D eigenvalue weighted by Gasteiger charge is 2.79. The number of ether oxygens (including phenoxy) is 6.